The Morgan fingerprint density at radius 1 is 0.195 bits per heavy atom. The topological polar surface area (TPSA) is 566 Å². The zero-order valence-electron chi connectivity index (χ0n) is 40.5. The van der Waals surface area contributed by atoms with E-state index in [9.17, 15) is 97.0 Å². The summed E-state index contributed by atoms with van der Waals surface area (Å²) in [6, 6.07) is 0. The van der Waals surface area contributed by atoms with Crippen molar-refractivity contribution < 1.29 is 163 Å². The monoisotopic (exact) mass is 1130 g/mol. The first-order valence-electron chi connectivity index (χ1n) is 24.8. The van der Waals surface area contributed by atoms with Crippen molar-refractivity contribution in [2.45, 2.75) is 215 Å². The Morgan fingerprint density at radius 3 is 0.455 bits per heavy atom. The van der Waals surface area contributed by atoms with E-state index in [1.165, 1.54) is 0 Å². The van der Waals surface area contributed by atoms with E-state index in [4.69, 9.17) is 77.8 Å². The van der Waals surface area contributed by atoms with Gasteiger partial charge in [0.15, 0.2) is 44.0 Å². The maximum atomic E-state index is 11.4. The van der Waals surface area contributed by atoms with Gasteiger partial charge in [0, 0.05) is 13.1 Å². The summed E-state index contributed by atoms with van der Waals surface area (Å²) in [6.07, 6.45) is -68.1. The lowest BCUT2D eigenvalue weighted by atomic mass is 9.95. The van der Waals surface area contributed by atoms with Gasteiger partial charge in [0.25, 0.3) is 0 Å². The first kappa shape index (κ1) is 61.7. The fraction of sp³-hybridized carbons (Fsp3) is 1.00. The fourth-order valence-electron chi connectivity index (χ4n) is 10.5. The van der Waals surface area contributed by atoms with Crippen LogP contribution in [0.5, 0.6) is 0 Å². The number of nitrogens with two attached hydrogens (primary N) is 2. The van der Waals surface area contributed by atoms with Crippen LogP contribution in [0.15, 0.2) is 0 Å². The van der Waals surface area contributed by atoms with E-state index in [0.717, 1.165) is 0 Å². The molecule has 35 nitrogen and oxygen atoms in total. The third-order valence-electron chi connectivity index (χ3n) is 14.9. The molecule has 0 aromatic rings. The van der Waals surface area contributed by atoms with Crippen LogP contribution in [0, 0.1) is 0 Å². The van der Waals surface area contributed by atoms with Crippen LogP contribution in [0.3, 0.4) is 0 Å². The van der Waals surface area contributed by atoms with Gasteiger partial charge in [0.1, 0.15) is 171 Å². The Balaban J connectivity index is 1.08. The van der Waals surface area contributed by atoms with Crippen molar-refractivity contribution >= 4 is 0 Å². The van der Waals surface area contributed by atoms with Gasteiger partial charge < -0.3 is 175 Å². The fourth-order valence-corrected chi connectivity index (χ4v) is 10.5. The number of hydrogen-bond donors (Lipinski definition) is 21. The van der Waals surface area contributed by atoms with Crippen LogP contribution in [-0.4, -0.2) is 358 Å². The lowest BCUT2D eigenvalue weighted by molar-refractivity contribution is -0.395. The van der Waals surface area contributed by atoms with Gasteiger partial charge in [0.05, 0.1) is 33.0 Å². The molecule has 35 atom stereocenters. The quantitative estimate of drug-likeness (QED) is 0.113. The van der Waals surface area contributed by atoms with Crippen LogP contribution in [0.25, 0.3) is 0 Å². The highest BCUT2D eigenvalue weighted by Crippen LogP contribution is 2.39. The van der Waals surface area contributed by atoms with E-state index < -0.39 is 261 Å². The highest BCUT2D eigenvalue weighted by molar-refractivity contribution is 5.02. The highest BCUT2D eigenvalue weighted by Gasteiger charge is 2.59. The molecule has 0 saturated carbocycles. The molecule has 14 bridgehead atoms. The molecule has 0 aromatic carbocycles. The average Bonchev–Trinajstić information content (AvgIpc) is 3.45. The predicted molar refractivity (Wildman–Crippen MR) is 232 cm³/mol. The van der Waals surface area contributed by atoms with E-state index in [-0.39, 0.29) is 0 Å². The second kappa shape index (κ2) is 26.0. The van der Waals surface area contributed by atoms with Crippen LogP contribution in [0.2, 0.25) is 0 Å². The summed E-state index contributed by atoms with van der Waals surface area (Å²) >= 11 is 0. The Hall–Kier alpha value is -1.40. The van der Waals surface area contributed by atoms with Gasteiger partial charge in [-0.15, -0.1) is 0 Å². The number of rotatable bonds is 7. The highest BCUT2D eigenvalue weighted by atomic mass is 16.8. The van der Waals surface area contributed by atoms with Crippen molar-refractivity contribution in [1.82, 2.24) is 0 Å². The molecule has 0 spiro atoms. The van der Waals surface area contributed by atoms with Crippen LogP contribution >= 0.6 is 0 Å². The van der Waals surface area contributed by atoms with E-state index >= 15 is 0 Å². The lowest BCUT2D eigenvalue weighted by Gasteiger charge is -2.50. The average molecular weight is 1130 g/mol. The minimum atomic E-state index is -2.18. The van der Waals surface area contributed by atoms with Crippen LogP contribution in [0.4, 0.5) is 0 Å². The van der Waals surface area contributed by atoms with Crippen molar-refractivity contribution in [3.63, 3.8) is 0 Å². The standard InChI is InChI=1S/C42H72N2O33/c43-1-8-29-16(51)23(58)37(65-8)74-32-11(4-46)69-41(27(62)20(32)55)77-35-14(7-49)70-42(28(63)21(35)56)76-34-13(6-48)67-39(25(60)18(34)53)72-30-9(2-44)64-36(22(57)15(30)50)73-31-10(3-45)68-40(26(61)19(31)54)75-33-12(5-47)66-38(71-29)24(59)17(33)52/h8-42,45-63H,1-7,43-44H2/t8-,9-,10-,11-,12-,13-,14-,15-,16-,17-,18-,19-,20-,21-,22-,23-,24-,25-,26-,27-,28-,29-,30-,31-,32-,33-,34-,35-,36-,37-,38-,39-,40-,41-,42-/m1/s1. The molecule has 35 heteroatoms. The number of hydrogen-bond acceptors (Lipinski definition) is 35. The third kappa shape index (κ3) is 12.1. The lowest BCUT2D eigenvalue weighted by Crippen LogP contribution is -2.68. The van der Waals surface area contributed by atoms with E-state index in [0.29, 0.717) is 0 Å². The summed E-state index contributed by atoms with van der Waals surface area (Å²) in [5, 5.41) is 210. The first-order valence-corrected chi connectivity index (χ1v) is 24.8. The molecule has 23 N–H and O–H groups in total. The molecular formula is C42H72N2O33. The zero-order chi connectivity index (χ0) is 56.1. The molecule has 21 fully saturated rings. The van der Waals surface area contributed by atoms with Gasteiger partial charge in [-0.25, -0.2) is 0 Å². The molecule has 448 valence electrons. The van der Waals surface area contributed by atoms with Crippen LogP contribution in [0.1, 0.15) is 0 Å². The molecule has 21 heterocycles. The van der Waals surface area contributed by atoms with E-state index in [1.807, 2.05) is 0 Å². The van der Waals surface area contributed by atoms with Crippen molar-refractivity contribution in [3.8, 4) is 0 Å². The second-order valence-electron chi connectivity index (χ2n) is 19.8. The predicted octanol–water partition coefficient (Wildman–Crippen LogP) is -15.3. The summed E-state index contributed by atoms with van der Waals surface area (Å²) < 4.78 is 80.3. The Kier molecular flexibility index (Phi) is 20.8. The molecule has 0 radical (unpaired) electrons. The molecule has 0 aromatic heterocycles. The van der Waals surface area contributed by atoms with Gasteiger partial charge in [-0.3, -0.25) is 0 Å². The minimum Gasteiger partial charge on any atom is -0.394 e. The van der Waals surface area contributed by atoms with Crippen molar-refractivity contribution in [1.29, 1.82) is 0 Å². The van der Waals surface area contributed by atoms with Crippen LogP contribution < -0.4 is 11.5 Å². The molecular weight excluding hydrogens is 1060 g/mol. The van der Waals surface area contributed by atoms with Gasteiger partial charge in [-0.2, -0.15) is 0 Å². The molecule has 0 amide bonds. The smallest absolute Gasteiger partial charge is 0.187 e. The SMILES string of the molecule is NC[C@H]1O[C@@H]2O[C@H]3[C@H](O)[C@@H](O)[C@@H](O[C@H]4[C@H](O)[C@@H](O)[C@@H](O[C@H]5[C@H](O)[C@@H](O)[C@@H](O[C@H]6[C@H](O)[C@@H](O)[C@@H](O[C@H]7[C@H](O)[C@@H](O)[C@@H](O[C@H]8[C@H](O)[C@@H](O)[C@@H](O[C@H]1[C@H](O)[C@H]2O)O[C@@H]8CO)O[C@@H]7CO)O[C@@H]6CN)O[C@@H]5CO)O[C@@H]4CO)O[C@@H]3CO. The minimum absolute atomic E-state index is 0.541. The Labute approximate surface area is 435 Å². The number of ether oxygens (including phenoxy) is 14. The summed E-state index contributed by atoms with van der Waals surface area (Å²) in [4.78, 5) is 0. The van der Waals surface area contributed by atoms with Crippen molar-refractivity contribution in [2.75, 3.05) is 46.1 Å². The third-order valence-corrected chi connectivity index (χ3v) is 14.9. The maximum Gasteiger partial charge on any atom is 0.187 e. The van der Waals surface area contributed by atoms with Gasteiger partial charge in [-0.05, 0) is 0 Å². The molecule has 0 aliphatic carbocycles. The van der Waals surface area contributed by atoms with Crippen molar-refractivity contribution in [3.05, 3.63) is 0 Å². The molecule has 21 aliphatic rings. The molecule has 0 unspecified atom stereocenters. The van der Waals surface area contributed by atoms with Gasteiger partial charge in [-0.1, -0.05) is 0 Å². The molecule has 77 heavy (non-hydrogen) atoms. The summed E-state index contributed by atoms with van der Waals surface area (Å²) in [7, 11) is 0. The van der Waals surface area contributed by atoms with Gasteiger partial charge >= 0.3 is 0 Å². The van der Waals surface area contributed by atoms with Crippen LogP contribution in [-0.2, 0) is 66.3 Å². The second-order valence-corrected chi connectivity index (χ2v) is 19.8. The molecule has 21 rings (SSSR count). The summed E-state index contributed by atoms with van der Waals surface area (Å²) in [5.41, 5.74) is 11.9. The summed E-state index contributed by atoms with van der Waals surface area (Å²) in [6.45, 7) is -6.17. The number of aliphatic hydroxyl groups excluding tert-OH is 19. The largest absolute Gasteiger partial charge is 0.394 e. The zero-order valence-corrected chi connectivity index (χ0v) is 40.5. The molecule has 21 saturated heterocycles. The molecule has 21 aliphatic heterocycles. The van der Waals surface area contributed by atoms with E-state index in [2.05, 4.69) is 0 Å². The Morgan fingerprint density at radius 2 is 0.325 bits per heavy atom. The Bertz CT molecular complexity index is 1480. The normalized spacial score (nSPS) is 55.4. The van der Waals surface area contributed by atoms with Gasteiger partial charge in [0.2, 0.25) is 0 Å². The first-order chi connectivity index (χ1) is 36.7. The van der Waals surface area contributed by atoms with E-state index in [1.54, 1.807) is 0 Å². The maximum absolute atomic E-state index is 11.4. The summed E-state index contributed by atoms with van der Waals surface area (Å²) in [5.74, 6) is 0. The number of aliphatic hydroxyl groups is 19. The van der Waals surface area contributed by atoms with Crippen molar-refractivity contribution in [2.24, 2.45) is 11.5 Å².